The molecule has 8 aromatic carbocycles. The molecule has 0 saturated carbocycles. The van der Waals surface area contributed by atoms with E-state index in [1.807, 2.05) is 102 Å². The van der Waals surface area contributed by atoms with Gasteiger partial charge >= 0.3 is 0 Å². The average Bonchev–Trinajstić information content (AvgIpc) is 3.83. The van der Waals surface area contributed by atoms with Crippen LogP contribution in [-0.2, 0) is 6.61 Å². The van der Waals surface area contributed by atoms with Crippen LogP contribution in [0.25, 0.3) is 60.4 Å². The molecule has 10 rings (SSSR count). The Morgan fingerprint density at radius 1 is 0.617 bits per heavy atom. The molecule has 0 fully saturated rings. The quantitative estimate of drug-likeness (QED) is 0.0999. The summed E-state index contributed by atoms with van der Waals surface area (Å²) >= 11 is 0. The summed E-state index contributed by atoms with van der Waals surface area (Å²) in [5.41, 5.74) is 17.1. The predicted molar refractivity (Wildman–Crippen MR) is 251 cm³/mol. The molecule has 60 heavy (non-hydrogen) atoms. The van der Waals surface area contributed by atoms with Crippen LogP contribution in [0.4, 0.5) is 5.69 Å². The van der Waals surface area contributed by atoms with Crippen molar-refractivity contribution >= 4 is 67.8 Å². The zero-order chi connectivity index (χ0) is 41.0. The average molecular weight is 779 g/mol. The Balaban J connectivity index is 0.000000602. The van der Waals surface area contributed by atoms with Gasteiger partial charge in [0, 0.05) is 21.7 Å². The molecule has 2 aromatic heterocycles. The lowest BCUT2D eigenvalue weighted by Crippen LogP contribution is -2.12. The lowest BCUT2D eigenvalue weighted by Gasteiger charge is -2.14. The van der Waals surface area contributed by atoms with E-state index in [0.29, 0.717) is 23.9 Å². The van der Waals surface area contributed by atoms with Crippen LogP contribution in [0.3, 0.4) is 0 Å². The third-order valence-electron chi connectivity index (χ3n) is 10.7. The number of para-hydroxylation sites is 2. The summed E-state index contributed by atoms with van der Waals surface area (Å²) in [7, 11) is 0. The minimum absolute atomic E-state index is 0.0202. The van der Waals surface area contributed by atoms with Gasteiger partial charge in [-0.05, 0) is 60.7 Å². The topological polar surface area (TPSA) is 93.7 Å². The first kappa shape index (κ1) is 37.5. The van der Waals surface area contributed by atoms with Gasteiger partial charge in [-0.3, -0.25) is 9.98 Å². The molecule has 0 amide bonds. The smallest absolute Gasteiger partial charge is 0.229 e. The van der Waals surface area contributed by atoms with Crippen molar-refractivity contribution in [2.45, 2.75) is 13.5 Å². The maximum absolute atomic E-state index is 9.66. The van der Waals surface area contributed by atoms with E-state index in [4.69, 9.17) is 15.5 Å². The fourth-order valence-corrected chi connectivity index (χ4v) is 8.01. The number of benzene rings is 8. The molecule has 0 aliphatic carbocycles. The largest absolute Gasteiger partial charge is 0.486 e. The molecule has 10 aromatic rings. The summed E-state index contributed by atoms with van der Waals surface area (Å²) in [6.07, 6.45) is 0. The van der Waals surface area contributed by atoms with Gasteiger partial charge in [0.25, 0.3) is 0 Å². The number of aliphatic imine (C=N–C) groups is 2. The van der Waals surface area contributed by atoms with Crippen molar-refractivity contribution < 1.29 is 4.74 Å². The fraction of sp³-hybridized carbons (Fsp3) is 0.0377. The van der Waals surface area contributed by atoms with Crippen LogP contribution in [-0.4, -0.2) is 27.6 Å². The molecule has 0 atom stereocenters. The molecule has 0 bridgehead atoms. The molecule has 0 spiro atoms. The van der Waals surface area contributed by atoms with Crippen molar-refractivity contribution in [3.63, 3.8) is 0 Å². The molecule has 0 radical (unpaired) electrons. The lowest BCUT2D eigenvalue weighted by atomic mass is 9.99. The first-order chi connectivity index (χ1) is 29.5. The lowest BCUT2D eigenvalue weighted by molar-refractivity contribution is 0.312. The number of nitrogens with one attached hydrogen (secondary N) is 1. The molecule has 0 unspecified atom stereocenters. The van der Waals surface area contributed by atoms with Crippen LogP contribution in [0.1, 0.15) is 16.7 Å². The van der Waals surface area contributed by atoms with E-state index in [-0.39, 0.29) is 5.96 Å². The van der Waals surface area contributed by atoms with E-state index in [2.05, 4.69) is 120 Å². The van der Waals surface area contributed by atoms with Gasteiger partial charge in [-0.1, -0.05) is 169 Å². The Hall–Kier alpha value is -8.03. The molecule has 290 valence electrons. The molecular weight excluding hydrogens is 737 g/mol. The van der Waals surface area contributed by atoms with E-state index in [9.17, 15) is 5.41 Å². The van der Waals surface area contributed by atoms with Crippen molar-refractivity contribution in [3.05, 3.63) is 211 Å². The molecule has 0 saturated heterocycles. The number of nitrogens with two attached hydrogens (primary N) is 1. The summed E-state index contributed by atoms with van der Waals surface area (Å²) in [4.78, 5) is 9.06. The zero-order valence-corrected chi connectivity index (χ0v) is 33.2. The summed E-state index contributed by atoms with van der Waals surface area (Å²) in [5.74, 6) is 0.888. The number of hydrogen-bond acceptors (Lipinski definition) is 3. The number of rotatable bonds is 6. The summed E-state index contributed by atoms with van der Waals surface area (Å²) in [6.45, 7) is 6.22. The van der Waals surface area contributed by atoms with E-state index in [1.54, 1.807) is 0 Å². The van der Waals surface area contributed by atoms with Gasteiger partial charge in [0.2, 0.25) is 5.96 Å². The minimum atomic E-state index is -0.0202. The molecule has 2 heterocycles. The van der Waals surface area contributed by atoms with Crippen LogP contribution in [0.15, 0.2) is 204 Å². The standard InChI is InChI=1S/C46H34N6O.C7H8/c1-49-45(32-19-9-4-10-20-32)50-46(48)52-39-28-27-36(47)44(53-29-30-15-5-2-6-16-30)42(39)35-23-14-26-40(43(35)52)51-37-24-12-11-21-34(37)41-33(22-13-25-38(41)51)31-17-7-3-8-18-31;1-7-5-3-2-4-6-7/h2-28,48H,1,29,47H2;2-6H,1H3/b48-46?,50-45-;. The number of nitrogen functional groups attached to an aromatic ring is 1. The highest BCUT2D eigenvalue weighted by Gasteiger charge is 2.25. The van der Waals surface area contributed by atoms with Crippen LogP contribution in [0.5, 0.6) is 5.75 Å². The van der Waals surface area contributed by atoms with E-state index in [0.717, 1.165) is 71.6 Å². The van der Waals surface area contributed by atoms with Crippen LogP contribution < -0.4 is 10.5 Å². The van der Waals surface area contributed by atoms with Crippen molar-refractivity contribution in [2.24, 2.45) is 9.98 Å². The molecule has 0 aliphatic heterocycles. The maximum Gasteiger partial charge on any atom is 0.229 e. The monoisotopic (exact) mass is 778 g/mol. The maximum atomic E-state index is 9.66. The van der Waals surface area contributed by atoms with Gasteiger partial charge in [0.05, 0.1) is 38.8 Å². The third kappa shape index (κ3) is 6.99. The van der Waals surface area contributed by atoms with Gasteiger partial charge in [-0.15, -0.1) is 0 Å². The second kappa shape index (κ2) is 16.4. The number of aromatic nitrogens is 2. The van der Waals surface area contributed by atoms with Crippen LogP contribution >= 0.6 is 0 Å². The summed E-state index contributed by atoms with van der Waals surface area (Å²) in [6, 6.07) is 65.3. The van der Waals surface area contributed by atoms with Crippen molar-refractivity contribution in [3.8, 4) is 22.6 Å². The second-order valence-electron chi connectivity index (χ2n) is 14.5. The Morgan fingerprint density at radius 2 is 1.23 bits per heavy atom. The molecule has 7 nitrogen and oxygen atoms in total. The highest BCUT2D eigenvalue weighted by molar-refractivity contribution is 6.22. The van der Waals surface area contributed by atoms with Crippen molar-refractivity contribution in [2.75, 3.05) is 5.73 Å². The second-order valence-corrected chi connectivity index (χ2v) is 14.5. The van der Waals surface area contributed by atoms with Crippen molar-refractivity contribution in [1.29, 1.82) is 5.41 Å². The fourth-order valence-electron chi connectivity index (χ4n) is 8.01. The molecular formula is C53H42N6O. The first-order valence-electron chi connectivity index (χ1n) is 19.8. The van der Waals surface area contributed by atoms with E-state index >= 15 is 0 Å². The third-order valence-corrected chi connectivity index (χ3v) is 10.7. The molecule has 7 heteroatoms. The molecule has 0 aliphatic rings. The SMILES string of the molecule is C=N/C(=N\C(=N)n1c2ccc(N)c(OCc3ccccc3)c2c2cccc(-n3c4ccccc4c4c(-c5ccccc5)cccc43)c21)c1ccccc1.Cc1ccccc1. The van der Waals surface area contributed by atoms with Crippen molar-refractivity contribution in [1.82, 2.24) is 9.13 Å². The normalized spacial score (nSPS) is 11.4. The number of aryl methyl sites for hydroxylation is 1. The summed E-state index contributed by atoms with van der Waals surface area (Å²) in [5, 5.41) is 13.6. The zero-order valence-electron chi connectivity index (χ0n) is 33.2. The number of hydrogen-bond donors (Lipinski definition) is 2. The molecule has 3 N–H and O–H groups in total. The van der Waals surface area contributed by atoms with Gasteiger partial charge in [0.15, 0.2) is 11.6 Å². The Kier molecular flexibility index (Phi) is 10.3. The number of amidine groups is 1. The number of ether oxygens (including phenoxy) is 1. The first-order valence-corrected chi connectivity index (χ1v) is 19.8. The number of anilines is 1. The Morgan fingerprint density at radius 3 is 1.93 bits per heavy atom. The highest BCUT2D eigenvalue weighted by atomic mass is 16.5. The van der Waals surface area contributed by atoms with E-state index < -0.39 is 0 Å². The van der Waals surface area contributed by atoms with Gasteiger partial charge in [-0.2, -0.15) is 4.99 Å². The number of nitrogens with zero attached hydrogens (tertiary/aromatic N) is 4. The highest BCUT2D eigenvalue weighted by Crippen LogP contribution is 2.44. The predicted octanol–water partition coefficient (Wildman–Crippen LogP) is 12.6. The number of fused-ring (bicyclic) bond motifs is 6. The van der Waals surface area contributed by atoms with Gasteiger partial charge in [-0.25, -0.2) is 4.99 Å². The Bertz CT molecular complexity index is 3190. The van der Waals surface area contributed by atoms with Crippen LogP contribution in [0.2, 0.25) is 0 Å². The Labute approximate surface area is 348 Å². The van der Waals surface area contributed by atoms with Crippen LogP contribution in [0, 0.1) is 12.3 Å². The van der Waals surface area contributed by atoms with Gasteiger partial charge in [0.1, 0.15) is 6.61 Å². The minimum Gasteiger partial charge on any atom is -0.486 e. The van der Waals surface area contributed by atoms with Gasteiger partial charge < -0.3 is 15.0 Å². The van der Waals surface area contributed by atoms with E-state index in [1.165, 1.54) is 5.56 Å². The summed E-state index contributed by atoms with van der Waals surface area (Å²) < 4.78 is 10.7.